The summed E-state index contributed by atoms with van der Waals surface area (Å²) < 4.78 is 1.03. The Labute approximate surface area is 111 Å². The first kappa shape index (κ1) is 11.3. The fraction of sp³-hybridized carbons (Fsp3) is 0.615. The van der Waals surface area contributed by atoms with Gasteiger partial charge in [0.25, 0.3) is 0 Å². The van der Waals surface area contributed by atoms with Crippen LogP contribution < -0.4 is 10.6 Å². The molecule has 1 aliphatic carbocycles. The number of hydrogen-bond acceptors (Lipinski definition) is 3. The monoisotopic (exact) mass is 295 g/mol. The Bertz CT molecular complexity index is 411. The van der Waals surface area contributed by atoms with Crippen LogP contribution in [0.1, 0.15) is 38.5 Å². The fourth-order valence-corrected chi connectivity index (χ4v) is 3.27. The van der Waals surface area contributed by atoms with E-state index in [4.69, 9.17) is 0 Å². The number of pyridine rings is 1. The van der Waals surface area contributed by atoms with Gasteiger partial charge in [-0.3, -0.25) is 0 Å². The molecule has 3 rings (SSSR count). The van der Waals surface area contributed by atoms with Crippen LogP contribution in [0.15, 0.2) is 16.7 Å². The van der Waals surface area contributed by atoms with Gasteiger partial charge in [0, 0.05) is 17.2 Å². The minimum absolute atomic E-state index is 0.240. The Morgan fingerprint density at radius 1 is 1.18 bits per heavy atom. The predicted octanol–water partition coefficient (Wildman–Crippen LogP) is 3.77. The van der Waals surface area contributed by atoms with Crippen LogP contribution in [0.3, 0.4) is 0 Å². The lowest BCUT2D eigenvalue weighted by Crippen LogP contribution is -2.47. The number of aromatic nitrogens is 1. The fourth-order valence-electron chi connectivity index (χ4n) is 2.94. The average Bonchev–Trinajstić information content (AvgIpc) is 2.56. The molecule has 3 nitrogen and oxygen atoms in total. The van der Waals surface area contributed by atoms with Crippen molar-refractivity contribution in [1.29, 1.82) is 0 Å². The van der Waals surface area contributed by atoms with Gasteiger partial charge in [-0.2, -0.15) is 0 Å². The van der Waals surface area contributed by atoms with Crippen LogP contribution >= 0.6 is 15.9 Å². The molecule has 0 aromatic carbocycles. The Kier molecular flexibility index (Phi) is 2.99. The smallest absolute Gasteiger partial charge is 0.149 e. The lowest BCUT2D eigenvalue weighted by molar-refractivity contribution is 0.421. The quantitative estimate of drug-likeness (QED) is 0.765. The SMILES string of the molecule is Brc1cnc2c(c1)NCC1(CCCCCC1)N2. The highest BCUT2D eigenvalue weighted by Crippen LogP contribution is 2.37. The van der Waals surface area contributed by atoms with Gasteiger partial charge in [-0.15, -0.1) is 0 Å². The predicted molar refractivity (Wildman–Crippen MR) is 74.5 cm³/mol. The van der Waals surface area contributed by atoms with E-state index in [2.05, 4.69) is 37.6 Å². The Hall–Kier alpha value is -0.770. The third kappa shape index (κ3) is 2.28. The third-order valence-corrected chi connectivity index (χ3v) is 4.35. The van der Waals surface area contributed by atoms with E-state index in [1.807, 2.05) is 6.20 Å². The van der Waals surface area contributed by atoms with Gasteiger partial charge in [0.05, 0.1) is 11.2 Å². The minimum atomic E-state index is 0.240. The molecule has 0 bridgehead atoms. The van der Waals surface area contributed by atoms with Gasteiger partial charge in [-0.05, 0) is 34.8 Å². The van der Waals surface area contributed by atoms with E-state index in [0.29, 0.717) is 0 Å². The standard InChI is InChI=1S/C13H18BrN3/c14-10-7-11-12(15-8-10)17-13(9-16-11)5-3-1-2-4-6-13/h7-8,16H,1-6,9H2,(H,15,17). The molecule has 1 spiro atoms. The van der Waals surface area contributed by atoms with Crippen molar-refractivity contribution in [2.24, 2.45) is 0 Å². The number of anilines is 2. The van der Waals surface area contributed by atoms with Crippen molar-refractivity contribution in [1.82, 2.24) is 4.98 Å². The van der Waals surface area contributed by atoms with E-state index in [0.717, 1.165) is 22.5 Å². The molecule has 92 valence electrons. The van der Waals surface area contributed by atoms with Crippen molar-refractivity contribution in [2.45, 2.75) is 44.1 Å². The molecule has 1 aromatic rings. The lowest BCUT2D eigenvalue weighted by atomic mass is 9.88. The van der Waals surface area contributed by atoms with Crippen LogP contribution in [0.25, 0.3) is 0 Å². The molecular formula is C13H18BrN3. The van der Waals surface area contributed by atoms with Crippen molar-refractivity contribution in [2.75, 3.05) is 17.2 Å². The zero-order chi connectivity index (χ0) is 11.7. The van der Waals surface area contributed by atoms with E-state index < -0.39 is 0 Å². The van der Waals surface area contributed by atoms with Crippen LogP contribution in [0.4, 0.5) is 11.5 Å². The van der Waals surface area contributed by atoms with Gasteiger partial charge in [0.15, 0.2) is 0 Å². The summed E-state index contributed by atoms with van der Waals surface area (Å²) in [4.78, 5) is 4.48. The van der Waals surface area contributed by atoms with Crippen LogP contribution in [-0.2, 0) is 0 Å². The van der Waals surface area contributed by atoms with E-state index in [9.17, 15) is 0 Å². The van der Waals surface area contributed by atoms with Crippen molar-refractivity contribution in [3.63, 3.8) is 0 Å². The Balaban J connectivity index is 1.85. The number of nitrogens with zero attached hydrogens (tertiary/aromatic N) is 1. The molecule has 1 aromatic heterocycles. The number of rotatable bonds is 0. The third-order valence-electron chi connectivity index (χ3n) is 3.92. The molecule has 1 aliphatic heterocycles. The van der Waals surface area contributed by atoms with E-state index in [1.165, 1.54) is 38.5 Å². The maximum atomic E-state index is 4.48. The first-order valence-corrected chi connectivity index (χ1v) is 7.24. The highest BCUT2D eigenvalue weighted by atomic mass is 79.9. The highest BCUT2D eigenvalue weighted by Gasteiger charge is 2.34. The molecule has 2 N–H and O–H groups in total. The summed E-state index contributed by atoms with van der Waals surface area (Å²) in [7, 11) is 0. The van der Waals surface area contributed by atoms with Crippen LogP contribution in [-0.4, -0.2) is 17.1 Å². The van der Waals surface area contributed by atoms with Crippen LogP contribution in [0.2, 0.25) is 0 Å². The molecule has 0 radical (unpaired) electrons. The zero-order valence-corrected chi connectivity index (χ0v) is 11.5. The summed E-state index contributed by atoms with van der Waals surface area (Å²) in [6.07, 6.45) is 9.81. The van der Waals surface area contributed by atoms with E-state index >= 15 is 0 Å². The molecule has 1 saturated carbocycles. The maximum absolute atomic E-state index is 4.48. The van der Waals surface area contributed by atoms with Crippen molar-refractivity contribution < 1.29 is 0 Å². The topological polar surface area (TPSA) is 37.0 Å². The number of hydrogen-bond donors (Lipinski definition) is 2. The Morgan fingerprint density at radius 3 is 2.71 bits per heavy atom. The van der Waals surface area contributed by atoms with Crippen LogP contribution in [0.5, 0.6) is 0 Å². The molecular weight excluding hydrogens is 278 g/mol. The molecule has 0 saturated heterocycles. The summed E-state index contributed by atoms with van der Waals surface area (Å²) in [6.45, 7) is 1.03. The van der Waals surface area contributed by atoms with Crippen molar-refractivity contribution in [3.8, 4) is 0 Å². The number of fused-ring (bicyclic) bond motifs is 1. The summed E-state index contributed by atoms with van der Waals surface area (Å²) in [5.74, 6) is 1.02. The second-order valence-corrected chi connectivity index (χ2v) is 6.14. The number of nitrogens with one attached hydrogen (secondary N) is 2. The molecule has 0 unspecified atom stereocenters. The van der Waals surface area contributed by atoms with Crippen LogP contribution in [0, 0.1) is 0 Å². The normalized spacial score (nSPS) is 22.2. The van der Waals surface area contributed by atoms with Gasteiger partial charge >= 0.3 is 0 Å². The van der Waals surface area contributed by atoms with Gasteiger partial charge in [-0.1, -0.05) is 25.7 Å². The largest absolute Gasteiger partial charge is 0.380 e. The molecule has 0 amide bonds. The summed E-state index contributed by atoms with van der Waals surface area (Å²) in [5.41, 5.74) is 1.36. The van der Waals surface area contributed by atoms with Crippen molar-refractivity contribution in [3.05, 3.63) is 16.7 Å². The molecule has 4 heteroatoms. The highest BCUT2D eigenvalue weighted by molar-refractivity contribution is 9.10. The number of halogens is 1. The summed E-state index contributed by atoms with van der Waals surface area (Å²) >= 11 is 3.46. The lowest BCUT2D eigenvalue weighted by Gasteiger charge is -2.39. The first-order chi connectivity index (χ1) is 8.27. The minimum Gasteiger partial charge on any atom is -0.380 e. The van der Waals surface area contributed by atoms with Gasteiger partial charge in [0.2, 0.25) is 0 Å². The molecule has 1 fully saturated rings. The van der Waals surface area contributed by atoms with Gasteiger partial charge < -0.3 is 10.6 Å². The molecule has 2 heterocycles. The summed E-state index contributed by atoms with van der Waals surface area (Å²) in [5, 5.41) is 7.22. The van der Waals surface area contributed by atoms with Gasteiger partial charge in [-0.25, -0.2) is 4.98 Å². The first-order valence-electron chi connectivity index (χ1n) is 6.45. The van der Waals surface area contributed by atoms with E-state index in [-0.39, 0.29) is 5.54 Å². The average molecular weight is 296 g/mol. The maximum Gasteiger partial charge on any atom is 0.149 e. The second kappa shape index (κ2) is 4.48. The van der Waals surface area contributed by atoms with Crippen molar-refractivity contribution >= 4 is 27.4 Å². The molecule has 0 atom stereocenters. The van der Waals surface area contributed by atoms with Gasteiger partial charge in [0.1, 0.15) is 5.82 Å². The summed E-state index contributed by atoms with van der Waals surface area (Å²) in [6, 6.07) is 2.10. The zero-order valence-electron chi connectivity index (χ0n) is 9.93. The molecule has 2 aliphatic rings. The Morgan fingerprint density at radius 2 is 1.94 bits per heavy atom. The van der Waals surface area contributed by atoms with E-state index in [1.54, 1.807) is 0 Å². The molecule has 17 heavy (non-hydrogen) atoms. The second-order valence-electron chi connectivity index (χ2n) is 5.22.